The number of hydrogen-bond donors (Lipinski definition) is 2. The zero-order valence-corrected chi connectivity index (χ0v) is 20.2. The molecule has 7 nitrogen and oxygen atoms in total. The van der Waals surface area contributed by atoms with Gasteiger partial charge in [-0.15, -0.1) is 0 Å². The summed E-state index contributed by atoms with van der Waals surface area (Å²) < 4.78 is 43.5. The van der Waals surface area contributed by atoms with Crippen molar-refractivity contribution in [3.05, 3.63) is 95.3 Å². The van der Waals surface area contributed by atoms with Crippen LogP contribution in [0.1, 0.15) is 32.0 Å². The fraction of sp³-hybridized carbons (Fsp3) is 0.107. The summed E-state index contributed by atoms with van der Waals surface area (Å²) in [6, 6.07) is 18.2. The Morgan fingerprint density at radius 2 is 1.58 bits per heavy atom. The van der Waals surface area contributed by atoms with Crippen molar-refractivity contribution in [2.45, 2.75) is 13.1 Å². The molecule has 0 spiro atoms. The number of alkyl halides is 3. The fourth-order valence-electron chi connectivity index (χ4n) is 4.60. The number of aromatic nitrogens is 3. The van der Waals surface area contributed by atoms with Gasteiger partial charge in [0.2, 0.25) is 5.91 Å². The standard InChI is InChI=1S/C28H21F3N4O3/c1-15-11-19(26(32)36)9-10-22(15)35-23(12-18-7-8-20(27(37)38)13-24(18)35)17-5-3-16(4-6-17)21-14-34(2)33-25(21)28(29,30)31/h3-14H,1-2H3,(H2,32,36)(H,37,38). The number of nitrogens with two attached hydrogens (primary N) is 1. The lowest BCUT2D eigenvalue weighted by Crippen LogP contribution is -2.11. The third-order valence-corrected chi connectivity index (χ3v) is 6.36. The second-order valence-electron chi connectivity index (χ2n) is 8.95. The van der Waals surface area contributed by atoms with Crippen molar-refractivity contribution in [2.75, 3.05) is 0 Å². The second kappa shape index (κ2) is 8.91. The number of rotatable bonds is 5. The Kier molecular flexibility index (Phi) is 5.82. The quantitative estimate of drug-likeness (QED) is 0.306. The lowest BCUT2D eigenvalue weighted by Gasteiger charge is -2.15. The monoisotopic (exact) mass is 518 g/mol. The highest BCUT2D eigenvalue weighted by atomic mass is 19.4. The Hall–Kier alpha value is -4.86. The number of benzene rings is 3. The van der Waals surface area contributed by atoms with Gasteiger partial charge in [-0.3, -0.25) is 9.48 Å². The molecule has 0 radical (unpaired) electrons. The Balaban J connectivity index is 1.70. The van der Waals surface area contributed by atoms with Crippen LogP contribution in [0.2, 0.25) is 0 Å². The van der Waals surface area contributed by atoms with Crippen molar-refractivity contribution >= 4 is 22.8 Å². The first kappa shape index (κ1) is 24.8. The van der Waals surface area contributed by atoms with Gasteiger partial charge in [-0.2, -0.15) is 18.3 Å². The van der Waals surface area contributed by atoms with E-state index < -0.39 is 23.7 Å². The molecule has 0 aliphatic carbocycles. The van der Waals surface area contributed by atoms with Gasteiger partial charge in [-0.05, 0) is 60.0 Å². The minimum absolute atomic E-state index is 0.0314. The number of carboxylic acid groups (broad SMARTS) is 1. The molecule has 0 unspecified atom stereocenters. The molecule has 0 aliphatic rings. The van der Waals surface area contributed by atoms with Crippen LogP contribution in [0.5, 0.6) is 0 Å². The maximum absolute atomic E-state index is 13.5. The number of nitrogens with zero attached hydrogens (tertiary/aromatic N) is 3. The fourth-order valence-corrected chi connectivity index (χ4v) is 4.60. The number of aryl methyl sites for hydroxylation is 2. The number of aromatic carboxylic acids is 1. The number of amides is 1. The normalized spacial score (nSPS) is 11.7. The molecule has 0 bridgehead atoms. The van der Waals surface area contributed by atoms with Gasteiger partial charge in [0.25, 0.3) is 0 Å². The third kappa shape index (κ3) is 4.30. The zero-order chi connectivity index (χ0) is 27.4. The molecule has 1 amide bonds. The highest BCUT2D eigenvalue weighted by Crippen LogP contribution is 2.38. The summed E-state index contributed by atoms with van der Waals surface area (Å²) in [4.78, 5) is 23.4. The molecule has 3 N–H and O–H groups in total. The smallest absolute Gasteiger partial charge is 0.435 e. The highest BCUT2D eigenvalue weighted by molar-refractivity contribution is 5.97. The van der Waals surface area contributed by atoms with E-state index in [9.17, 15) is 27.9 Å². The number of carbonyl (C=O) groups is 2. The highest BCUT2D eigenvalue weighted by Gasteiger charge is 2.37. The predicted octanol–water partition coefficient (Wildman–Crippen LogP) is 5.82. The summed E-state index contributed by atoms with van der Waals surface area (Å²) in [7, 11) is 1.43. The number of carbonyl (C=O) groups excluding carboxylic acids is 1. The summed E-state index contributed by atoms with van der Waals surface area (Å²) >= 11 is 0. The van der Waals surface area contributed by atoms with Crippen molar-refractivity contribution in [1.82, 2.24) is 14.3 Å². The van der Waals surface area contributed by atoms with Gasteiger partial charge in [-0.1, -0.05) is 30.3 Å². The molecule has 0 fully saturated rings. The maximum Gasteiger partial charge on any atom is 0.435 e. The first-order chi connectivity index (χ1) is 17.9. The van der Waals surface area contributed by atoms with Crippen molar-refractivity contribution in [1.29, 1.82) is 0 Å². The van der Waals surface area contributed by atoms with Crippen LogP contribution in [0.3, 0.4) is 0 Å². The van der Waals surface area contributed by atoms with Crippen LogP contribution >= 0.6 is 0 Å². The van der Waals surface area contributed by atoms with Crippen LogP contribution in [0.4, 0.5) is 13.2 Å². The largest absolute Gasteiger partial charge is 0.478 e. The van der Waals surface area contributed by atoms with E-state index in [0.717, 1.165) is 15.6 Å². The van der Waals surface area contributed by atoms with Gasteiger partial charge in [0, 0.05) is 35.4 Å². The maximum atomic E-state index is 13.5. The van der Waals surface area contributed by atoms with Crippen molar-refractivity contribution in [3.63, 3.8) is 0 Å². The van der Waals surface area contributed by atoms with Crippen molar-refractivity contribution in [2.24, 2.45) is 12.8 Å². The molecule has 5 aromatic rings. The first-order valence-electron chi connectivity index (χ1n) is 11.5. The number of fused-ring (bicyclic) bond motifs is 1. The summed E-state index contributed by atoms with van der Waals surface area (Å²) in [5.74, 6) is -1.65. The molecule has 10 heteroatoms. The molecule has 3 aromatic carbocycles. The molecular weight excluding hydrogens is 497 g/mol. The number of carboxylic acids is 1. The topological polar surface area (TPSA) is 103 Å². The van der Waals surface area contributed by atoms with E-state index in [1.165, 1.54) is 19.3 Å². The molecule has 192 valence electrons. The van der Waals surface area contributed by atoms with Gasteiger partial charge < -0.3 is 15.4 Å². The van der Waals surface area contributed by atoms with Crippen molar-refractivity contribution in [3.8, 4) is 28.1 Å². The van der Waals surface area contributed by atoms with Crippen molar-refractivity contribution < 1.29 is 27.9 Å². The summed E-state index contributed by atoms with van der Waals surface area (Å²) in [6.45, 7) is 1.81. The van der Waals surface area contributed by atoms with Gasteiger partial charge in [0.1, 0.15) is 0 Å². The van der Waals surface area contributed by atoms with E-state index in [4.69, 9.17) is 5.73 Å². The van der Waals surface area contributed by atoms with E-state index >= 15 is 0 Å². The molecule has 38 heavy (non-hydrogen) atoms. The van der Waals surface area contributed by atoms with Crippen LogP contribution in [-0.2, 0) is 13.2 Å². The molecule has 2 aromatic heterocycles. The predicted molar refractivity (Wildman–Crippen MR) is 136 cm³/mol. The Morgan fingerprint density at radius 1 is 0.921 bits per heavy atom. The first-order valence-corrected chi connectivity index (χ1v) is 11.5. The van der Waals surface area contributed by atoms with E-state index in [1.54, 1.807) is 54.6 Å². The van der Waals surface area contributed by atoms with Crippen LogP contribution in [-0.4, -0.2) is 31.3 Å². The van der Waals surface area contributed by atoms with Gasteiger partial charge in [0.05, 0.1) is 16.8 Å². The van der Waals surface area contributed by atoms with Crippen LogP contribution in [0.25, 0.3) is 39.0 Å². The molecule has 0 atom stereocenters. The summed E-state index contributed by atoms with van der Waals surface area (Å²) in [5, 5.41) is 13.9. The lowest BCUT2D eigenvalue weighted by atomic mass is 10.0. The third-order valence-electron chi connectivity index (χ3n) is 6.36. The second-order valence-corrected chi connectivity index (χ2v) is 8.95. The molecule has 0 saturated heterocycles. The van der Waals surface area contributed by atoms with Crippen LogP contribution in [0, 0.1) is 6.92 Å². The summed E-state index contributed by atoms with van der Waals surface area (Å²) in [5.41, 5.74) is 8.63. The van der Waals surface area contributed by atoms with E-state index in [1.807, 2.05) is 17.6 Å². The van der Waals surface area contributed by atoms with E-state index in [0.29, 0.717) is 33.6 Å². The minimum atomic E-state index is -4.60. The minimum Gasteiger partial charge on any atom is -0.478 e. The van der Waals surface area contributed by atoms with E-state index in [-0.39, 0.29) is 11.1 Å². The van der Waals surface area contributed by atoms with Crippen LogP contribution < -0.4 is 5.73 Å². The number of halogens is 3. The number of hydrogen-bond acceptors (Lipinski definition) is 3. The molecule has 0 aliphatic heterocycles. The molecule has 2 heterocycles. The Labute approximate surface area is 214 Å². The zero-order valence-electron chi connectivity index (χ0n) is 20.2. The molecule has 5 rings (SSSR count). The van der Waals surface area contributed by atoms with E-state index in [2.05, 4.69) is 5.10 Å². The molecule has 0 saturated carbocycles. The average Bonchev–Trinajstić information content (AvgIpc) is 3.44. The van der Waals surface area contributed by atoms with Gasteiger partial charge >= 0.3 is 12.1 Å². The SMILES string of the molecule is Cc1cc(C(N)=O)ccc1-n1c(-c2ccc(-c3cn(C)nc3C(F)(F)F)cc2)cc2ccc(C(=O)O)cc21. The average molecular weight is 518 g/mol. The lowest BCUT2D eigenvalue weighted by molar-refractivity contribution is -0.141. The number of primary amides is 1. The molecular formula is C28H21F3N4O3. The van der Waals surface area contributed by atoms with Gasteiger partial charge in [0.15, 0.2) is 5.69 Å². The van der Waals surface area contributed by atoms with Gasteiger partial charge in [-0.25, -0.2) is 4.79 Å². The Morgan fingerprint density at radius 3 is 2.18 bits per heavy atom. The summed E-state index contributed by atoms with van der Waals surface area (Å²) in [6.07, 6.45) is -3.27. The Bertz CT molecular complexity index is 1730. The van der Waals surface area contributed by atoms with Crippen LogP contribution in [0.15, 0.2) is 72.9 Å².